The molecule has 2 aromatic rings. The monoisotopic (exact) mass is 565 g/mol. The van der Waals surface area contributed by atoms with Gasteiger partial charge in [-0.3, -0.25) is 9.59 Å². The van der Waals surface area contributed by atoms with Crippen LogP contribution in [0.5, 0.6) is 0 Å². The van der Waals surface area contributed by atoms with Crippen LogP contribution in [0, 0.1) is 17.7 Å². The number of nitrogens with zero attached hydrogens (tertiary/aromatic N) is 3. The van der Waals surface area contributed by atoms with E-state index in [1.165, 1.54) is 40.7 Å². The highest BCUT2D eigenvalue weighted by atomic mass is 35.5. The molecule has 0 saturated carbocycles. The van der Waals surface area contributed by atoms with Gasteiger partial charge in [0, 0.05) is 43.2 Å². The summed E-state index contributed by atoms with van der Waals surface area (Å²) < 4.78 is 41.8. The van der Waals surface area contributed by atoms with Crippen molar-refractivity contribution in [2.75, 3.05) is 26.2 Å². The molecule has 7 nitrogen and oxygen atoms in total. The van der Waals surface area contributed by atoms with Crippen molar-refractivity contribution in [3.05, 3.63) is 64.9 Å². The zero-order valence-corrected chi connectivity index (χ0v) is 24.0. The Balaban J connectivity index is 1.86. The Labute approximate surface area is 230 Å². The number of hydrogen-bond acceptors (Lipinski definition) is 4. The van der Waals surface area contributed by atoms with Crippen LogP contribution in [0.25, 0.3) is 0 Å². The normalized spacial score (nSPS) is 14.9. The Morgan fingerprint density at radius 2 is 1.58 bits per heavy atom. The van der Waals surface area contributed by atoms with Crippen LogP contribution in [-0.2, 0) is 26.2 Å². The molecule has 1 saturated heterocycles. The Kier molecular flexibility index (Phi) is 10.3. The first kappa shape index (κ1) is 30.1. The summed E-state index contributed by atoms with van der Waals surface area (Å²) in [6.45, 7) is 8.63. The minimum atomic E-state index is -3.96. The zero-order chi connectivity index (χ0) is 28.0. The van der Waals surface area contributed by atoms with Gasteiger partial charge in [-0.05, 0) is 60.7 Å². The lowest BCUT2D eigenvalue weighted by Crippen LogP contribution is -2.52. The fourth-order valence-corrected chi connectivity index (χ4v) is 6.30. The fourth-order valence-electron chi connectivity index (χ4n) is 4.62. The summed E-state index contributed by atoms with van der Waals surface area (Å²) in [5, 5.41) is 0.420. The Bertz CT molecular complexity index is 1200. The smallest absolute Gasteiger partial charge is 0.243 e. The summed E-state index contributed by atoms with van der Waals surface area (Å²) in [6, 6.07) is 11.7. The molecule has 0 radical (unpaired) electrons. The predicted octanol–water partition coefficient (Wildman–Crippen LogP) is 4.80. The van der Waals surface area contributed by atoms with E-state index in [0.717, 1.165) is 5.56 Å². The third kappa shape index (κ3) is 7.77. The first-order valence-electron chi connectivity index (χ1n) is 13.0. The molecule has 1 aliphatic heterocycles. The van der Waals surface area contributed by atoms with Gasteiger partial charge in [-0.15, -0.1) is 0 Å². The minimum absolute atomic E-state index is 0.0132. The molecule has 1 heterocycles. The molecular formula is C28H37ClFN3O4S. The summed E-state index contributed by atoms with van der Waals surface area (Å²) in [6.07, 6.45) is 1.17. The lowest BCUT2D eigenvalue weighted by Gasteiger charge is -2.40. The Hall–Kier alpha value is -2.49. The molecule has 0 spiro atoms. The van der Waals surface area contributed by atoms with E-state index in [-0.39, 0.29) is 60.0 Å². The van der Waals surface area contributed by atoms with Gasteiger partial charge in [0.05, 0.1) is 11.4 Å². The van der Waals surface area contributed by atoms with E-state index in [4.69, 9.17) is 11.6 Å². The molecule has 1 fully saturated rings. The highest BCUT2D eigenvalue weighted by Gasteiger charge is 2.34. The highest BCUT2D eigenvalue weighted by Crippen LogP contribution is 2.24. The van der Waals surface area contributed by atoms with Crippen molar-refractivity contribution >= 4 is 33.4 Å². The third-order valence-electron chi connectivity index (χ3n) is 6.63. The number of carbonyl (C=O) groups is 2. The molecule has 1 aliphatic rings. The largest absolute Gasteiger partial charge is 0.342 e. The molecule has 2 amide bonds. The summed E-state index contributed by atoms with van der Waals surface area (Å²) in [4.78, 5) is 29.9. The van der Waals surface area contributed by atoms with E-state index in [0.29, 0.717) is 31.0 Å². The number of likely N-dealkylation sites (tertiary alicyclic amines) is 1. The number of carbonyl (C=O) groups excluding carboxylic acids is 2. The van der Waals surface area contributed by atoms with Crippen LogP contribution in [0.4, 0.5) is 4.39 Å². The van der Waals surface area contributed by atoms with Crippen molar-refractivity contribution in [3.63, 3.8) is 0 Å². The predicted molar refractivity (Wildman–Crippen MR) is 146 cm³/mol. The molecule has 2 aromatic carbocycles. The van der Waals surface area contributed by atoms with Gasteiger partial charge in [0.15, 0.2) is 0 Å². The summed E-state index contributed by atoms with van der Waals surface area (Å²) in [7, 11) is -3.96. The second-order valence-electron chi connectivity index (χ2n) is 10.5. The second-order valence-corrected chi connectivity index (χ2v) is 12.9. The van der Waals surface area contributed by atoms with Crippen molar-refractivity contribution < 1.29 is 22.4 Å². The standard InChI is InChI=1S/C28H37ClFN3O4S/c1-20(2)17-32(38(36,37)26-11-7-23(29)8-12-26)19-27(34)33(18-22-5-9-24(30)10-6-22)25-13-15-31(16-14-25)28(35)21(3)4/h5-12,20-21,25H,13-19H2,1-4H3. The number of amides is 2. The molecule has 3 rings (SSSR count). The van der Waals surface area contributed by atoms with Crippen LogP contribution in [0.2, 0.25) is 5.02 Å². The van der Waals surface area contributed by atoms with Gasteiger partial charge in [-0.2, -0.15) is 4.31 Å². The van der Waals surface area contributed by atoms with E-state index in [2.05, 4.69) is 0 Å². The van der Waals surface area contributed by atoms with E-state index >= 15 is 0 Å². The average Bonchev–Trinajstić information content (AvgIpc) is 2.87. The molecule has 0 unspecified atom stereocenters. The lowest BCUT2D eigenvalue weighted by atomic mass is 10.0. The molecular weight excluding hydrogens is 529 g/mol. The van der Waals surface area contributed by atoms with Crippen molar-refractivity contribution in [3.8, 4) is 0 Å². The second kappa shape index (κ2) is 13.0. The maximum absolute atomic E-state index is 13.8. The quantitative estimate of drug-likeness (QED) is 0.414. The van der Waals surface area contributed by atoms with Crippen molar-refractivity contribution in [1.82, 2.24) is 14.1 Å². The van der Waals surface area contributed by atoms with Crippen molar-refractivity contribution in [2.45, 2.75) is 58.0 Å². The van der Waals surface area contributed by atoms with Gasteiger partial charge in [-0.1, -0.05) is 51.4 Å². The van der Waals surface area contributed by atoms with Crippen molar-refractivity contribution in [2.24, 2.45) is 11.8 Å². The van der Waals surface area contributed by atoms with Crippen LogP contribution in [-0.4, -0.2) is 66.6 Å². The first-order chi connectivity index (χ1) is 17.9. The van der Waals surface area contributed by atoms with Crippen LogP contribution in [0.15, 0.2) is 53.4 Å². The summed E-state index contributed by atoms with van der Waals surface area (Å²) >= 11 is 5.95. The zero-order valence-electron chi connectivity index (χ0n) is 22.4. The van der Waals surface area contributed by atoms with Gasteiger partial charge < -0.3 is 9.80 Å². The van der Waals surface area contributed by atoms with E-state index in [9.17, 15) is 22.4 Å². The lowest BCUT2D eigenvalue weighted by molar-refractivity contribution is -0.139. The fraction of sp³-hybridized carbons (Fsp3) is 0.500. The molecule has 38 heavy (non-hydrogen) atoms. The van der Waals surface area contributed by atoms with Crippen LogP contribution in [0.1, 0.15) is 46.1 Å². The van der Waals surface area contributed by atoms with E-state index in [1.54, 1.807) is 17.0 Å². The maximum atomic E-state index is 13.8. The number of halogens is 2. The molecule has 0 N–H and O–H groups in total. The summed E-state index contributed by atoms with van der Waals surface area (Å²) in [5.41, 5.74) is 0.747. The SMILES string of the molecule is CC(C)CN(CC(=O)N(Cc1ccc(F)cc1)C1CCN(C(=O)C(C)C)CC1)S(=O)(=O)c1ccc(Cl)cc1. The Morgan fingerprint density at radius 3 is 2.11 bits per heavy atom. The topological polar surface area (TPSA) is 78.0 Å². The summed E-state index contributed by atoms with van der Waals surface area (Å²) in [5.74, 6) is -0.741. The highest BCUT2D eigenvalue weighted by molar-refractivity contribution is 7.89. The molecule has 0 bridgehead atoms. The number of hydrogen-bond donors (Lipinski definition) is 0. The molecule has 0 aromatic heterocycles. The van der Waals surface area contributed by atoms with Crippen molar-refractivity contribution in [1.29, 1.82) is 0 Å². The average molecular weight is 566 g/mol. The van der Waals surface area contributed by atoms with E-state index < -0.39 is 10.0 Å². The van der Waals surface area contributed by atoms with Crippen LogP contribution in [0.3, 0.4) is 0 Å². The number of benzene rings is 2. The van der Waals surface area contributed by atoms with Crippen LogP contribution < -0.4 is 0 Å². The number of piperidine rings is 1. The van der Waals surface area contributed by atoms with Crippen LogP contribution >= 0.6 is 11.6 Å². The molecule has 0 aliphatic carbocycles. The third-order valence-corrected chi connectivity index (χ3v) is 8.71. The molecule has 10 heteroatoms. The van der Waals surface area contributed by atoms with Gasteiger partial charge >= 0.3 is 0 Å². The van der Waals surface area contributed by atoms with Gasteiger partial charge in [0.25, 0.3) is 0 Å². The molecule has 0 atom stereocenters. The number of sulfonamides is 1. The number of rotatable bonds is 10. The maximum Gasteiger partial charge on any atom is 0.243 e. The first-order valence-corrected chi connectivity index (χ1v) is 14.8. The molecule has 208 valence electrons. The van der Waals surface area contributed by atoms with Gasteiger partial charge in [-0.25, -0.2) is 12.8 Å². The van der Waals surface area contributed by atoms with E-state index in [1.807, 2.05) is 32.6 Å². The van der Waals surface area contributed by atoms with Gasteiger partial charge in [0.1, 0.15) is 5.82 Å². The van der Waals surface area contributed by atoms with Gasteiger partial charge in [0.2, 0.25) is 21.8 Å². The minimum Gasteiger partial charge on any atom is -0.342 e. The Morgan fingerprint density at radius 1 is 1.00 bits per heavy atom.